The summed E-state index contributed by atoms with van der Waals surface area (Å²) >= 11 is 1.67. The Kier molecular flexibility index (Phi) is 15.7. The zero-order valence-corrected chi connectivity index (χ0v) is 34.2. The number of pyridine rings is 3. The van der Waals surface area contributed by atoms with E-state index in [-0.39, 0.29) is 42.1 Å². The zero-order valence-electron chi connectivity index (χ0n) is 28.8. The number of nitrogens with zero attached hydrogens (tertiary/aromatic N) is 4. The topological polar surface area (TPSA) is 51.6 Å². The number of para-hydroxylation sites is 1. The molecule has 3 aromatic carbocycles. The van der Waals surface area contributed by atoms with Gasteiger partial charge in [0.2, 0.25) is 0 Å². The predicted octanol–water partition coefficient (Wildman–Crippen LogP) is 11.8. The molecule has 0 bridgehead atoms. The maximum Gasteiger partial charge on any atom is 2.00 e. The van der Waals surface area contributed by atoms with E-state index in [9.17, 15) is 0 Å². The summed E-state index contributed by atoms with van der Waals surface area (Å²) in [5, 5.41) is 0.953. The van der Waals surface area contributed by atoms with Crippen LogP contribution in [0.1, 0.15) is 44.9 Å². The Hall–Kier alpha value is -3.62. The van der Waals surface area contributed by atoms with Crippen molar-refractivity contribution in [1.29, 1.82) is 0 Å². The molecule has 2 atom stereocenters. The van der Waals surface area contributed by atoms with Crippen molar-refractivity contribution in [3.05, 3.63) is 159 Å². The predicted molar refractivity (Wildman–Crippen MR) is 207 cm³/mol. The van der Waals surface area contributed by atoms with Gasteiger partial charge in [-0.05, 0) is 36.0 Å². The molecule has 0 saturated heterocycles. The van der Waals surface area contributed by atoms with E-state index in [0.717, 1.165) is 61.8 Å². The number of aromatic nitrogens is 4. The Morgan fingerprint density at radius 2 is 1.15 bits per heavy atom. The Labute approximate surface area is 341 Å². The largest absolute Gasteiger partial charge is 2.00 e. The second kappa shape index (κ2) is 20.6. The minimum Gasteiger partial charge on any atom is -0.328 e. The Balaban J connectivity index is 0.000000154. The van der Waals surface area contributed by atoms with Crippen LogP contribution in [0.2, 0.25) is 0 Å². The van der Waals surface area contributed by atoms with Crippen molar-refractivity contribution in [3.8, 4) is 44.5 Å². The van der Waals surface area contributed by atoms with Crippen LogP contribution in [0.5, 0.6) is 0 Å². The summed E-state index contributed by atoms with van der Waals surface area (Å²) in [4.78, 5) is 18.1. The number of hydrogen-bond donors (Lipinski definition) is 0. The summed E-state index contributed by atoms with van der Waals surface area (Å²) in [6.07, 6.45) is 18.6. The zero-order chi connectivity index (χ0) is 33.8. The number of hydrogen-bond acceptors (Lipinski definition) is 5. The molecule has 7 heteroatoms. The second-order valence-electron chi connectivity index (χ2n) is 12.8. The summed E-state index contributed by atoms with van der Waals surface area (Å²) in [6, 6.07) is 46.4. The van der Waals surface area contributed by atoms with Gasteiger partial charge in [-0.25, -0.2) is 4.98 Å². The minimum atomic E-state index is 0. The molecule has 2 unspecified atom stereocenters. The molecule has 2 aliphatic carbocycles. The van der Waals surface area contributed by atoms with Crippen molar-refractivity contribution in [2.75, 3.05) is 0 Å². The van der Waals surface area contributed by atoms with Crippen LogP contribution in [0.4, 0.5) is 0 Å². The van der Waals surface area contributed by atoms with E-state index in [0.29, 0.717) is 0 Å². The molecule has 0 aliphatic heterocycles. The maximum atomic E-state index is 4.73. The fourth-order valence-corrected chi connectivity index (χ4v) is 7.54. The van der Waals surface area contributed by atoms with Crippen LogP contribution in [0.3, 0.4) is 0 Å². The molecule has 0 N–H and O–H groups in total. The summed E-state index contributed by atoms with van der Waals surface area (Å²) in [5.74, 6) is 2.12. The van der Waals surface area contributed by atoms with E-state index in [1.165, 1.54) is 49.6 Å². The van der Waals surface area contributed by atoms with E-state index in [2.05, 4.69) is 46.0 Å². The van der Waals surface area contributed by atoms with Gasteiger partial charge >= 0.3 is 42.1 Å². The Bertz CT molecular complexity index is 1960. The monoisotopic (exact) mass is 1060 g/mol. The van der Waals surface area contributed by atoms with Crippen LogP contribution >= 0.6 is 11.3 Å². The van der Waals surface area contributed by atoms with E-state index < -0.39 is 0 Å². The van der Waals surface area contributed by atoms with Crippen molar-refractivity contribution >= 4 is 21.6 Å². The van der Waals surface area contributed by atoms with Gasteiger partial charge < -0.3 is 12.8 Å². The molecule has 2 saturated carbocycles. The van der Waals surface area contributed by atoms with Crippen LogP contribution in [0, 0.1) is 36.8 Å². The smallest absolute Gasteiger partial charge is 0.328 e. The molecule has 9 rings (SSSR count). The van der Waals surface area contributed by atoms with Gasteiger partial charge in [-0.1, -0.05) is 90.8 Å². The molecule has 4 nitrogen and oxygen atoms in total. The maximum absolute atomic E-state index is 4.73. The second-order valence-corrected chi connectivity index (χ2v) is 13.8. The van der Waals surface area contributed by atoms with Crippen LogP contribution in [-0.4, -0.2) is 19.9 Å². The molecular weight excluding hydrogens is 1020 g/mol. The summed E-state index contributed by atoms with van der Waals surface area (Å²) in [5.41, 5.74) is 7.68. The molecule has 266 valence electrons. The van der Waals surface area contributed by atoms with Gasteiger partial charge in [0.1, 0.15) is 5.01 Å². The average Bonchev–Trinajstić information content (AvgIpc) is 4.00. The Morgan fingerprint density at radius 1 is 0.577 bits per heavy atom. The van der Waals surface area contributed by atoms with Gasteiger partial charge in [-0.15, -0.1) is 71.5 Å². The first kappa shape index (κ1) is 39.6. The van der Waals surface area contributed by atoms with Crippen LogP contribution in [0.15, 0.2) is 134 Å². The molecule has 2 aliphatic rings. The van der Waals surface area contributed by atoms with Gasteiger partial charge in [-0.3, -0.25) is 15.0 Å². The van der Waals surface area contributed by atoms with Crippen molar-refractivity contribution in [2.24, 2.45) is 11.8 Å². The molecule has 7 aromatic rings. The number of benzene rings is 3. The fourth-order valence-electron chi connectivity index (χ4n) is 6.60. The number of thiazole rings is 1. The van der Waals surface area contributed by atoms with Gasteiger partial charge in [0.15, 0.2) is 0 Å². The molecule has 2 fully saturated rings. The molecule has 0 radical (unpaired) electrons. The first-order valence-electron chi connectivity index (χ1n) is 17.6. The van der Waals surface area contributed by atoms with Gasteiger partial charge in [0, 0.05) is 23.8 Å². The standard InChI is InChI=1S/C18H11N2S.C16H11N2.C11H18.2Pt/c1-2-7-13(8-3-1)14-10-6-11-16(19-14)18-20-15-9-4-5-12-17(15)21-18;1-3-10-17-15(8-1)13-6-5-7-14(12-13)16-9-2-4-11-18-16;1-2-6-10(5-1)9-11-7-3-4-8-11;;/h1-7,9-12H;1-11H;1,3,10-11H,2,4-9H2;;/q2*-1;-2;2*+2. The van der Waals surface area contributed by atoms with Gasteiger partial charge in [0.05, 0.1) is 15.9 Å². The van der Waals surface area contributed by atoms with Crippen LogP contribution < -0.4 is 0 Å². The minimum absolute atomic E-state index is 0. The fraction of sp³-hybridized carbons (Fsp3) is 0.200. The van der Waals surface area contributed by atoms with Crippen molar-refractivity contribution in [1.82, 2.24) is 19.9 Å². The Morgan fingerprint density at radius 3 is 1.73 bits per heavy atom. The quantitative estimate of drug-likeness (QED) is 0.156. The summed E-state index contributed by atoms with van der Waals surface area (Å²) in [7, 11) is 0. The van der Waals surface area contributed by atoms with E-state index in [1.807, 2.05) is 115 Å². The average molecular weight is 1060 g/mol. The van der Waals surface area contributed by atoms with Crippen molar-refractivity contribution in [2.45, 2.75) is 44.9 Å². The van der Waals surface area contributed by atoms with E-state index in [4.69, 9.17) is 4.98 Å². The van der Waals surface area contributed by atoms with Crippen LogP contribution in [-0.2, 0) is 42.1 Å². The molecule has 0 spiro atoms. The molecule has 4 heterocycles. The third-order valence-corrected chi connectivity index (χ3v) is 10.2. The third-order valence-electron chi connectivity index (χ3n) is 9.15. The third kappa shape index (κ3) is 11.0. The molecule has 4 aromatic heterocycles. The van der Waals surface area contributed by atoms with Crippen LogP contribution in [0.25, 0.3) is 54.7 Å². The number of fused-ring (bicyclic) bond motifs is 1. The SMILES string of the molecule is [CH-]1CCC(CC2C[CH-]CC2)C1.[Pt+2].[Pt+2].[c-]1c(-c2ccccn2)cccc1-c1ccccn1.[c-]1ccccc1-c1cccc(-c2nc3ccccc3s2)n1. The first-order valence-corrected chi connectivity index (χ1v) is 18.4. The number of rotatable bonds is 6. The van der Waals surface area contributed by atoms with Crippen molar-refractivity contribution < 1.29 is 42.1 Å². The van der Waals surface area contributed by atoms with Gasteiger partial charge in [0.25, 0.3) is 0 Å². The van der Waals surface area contributed by atoms with Gasteiger partial charge in [-0.2, -0.15) is 25.7 Å². The first-order chi connectivity index (χ1) is 24.8. The summed E-state index contributed by atoms with van der Waals surface area (Å²) < 4.78 is 1.19. The molecule has 0 amide bonds. The van der Waals surface area contributed by atoms with Crippen molar-refractivity contribution in [3.63, 3.8) is 0 Å². The summed E-state index contributed by atoms with van der Waals surface area (Å²) in [6.45, 7) is 0. The normalized spacial score (nSPS) is 16.0. The molecular formula is C45H40N4Pt2S. The van der Waals surface area contributed by atoms with E-state index >= 15 is 0 Å². The molecule has 52 heavy (non-hydrogen) atoms. The van der Waals surface area contributed by atoms with E-state index in [1.54, 1.807) is 23.7 Å².